The number of aromatic amines is 1. The summed E-state index contributed by atoms with van der Waals surface area (Å²) in [4.78, 5) is 38.6. The Morgan fingerprint density at radius 2 is 1.83 bits per heavy atom. The summed E-state index contributed by atoms with van der Waals surface area (Å²) in [5.41, 5.74) is 1.56. The van der Waals surface area contributed by atoms with Crippen molar-refractivity contribution in [2.75, 3.05) is 12.4 Å². The summed E-state index contributed by atoms with van der Waals surface area (Å²) in [5.74, 6) is -0.331. The second kappa shape index (κ2) is 5.73. The Bertz CT molecular complexity index is 1060. The number of imidazole rings is 1. The molecule has 0 atom stereocenters. The molecule has 2 N–H and O–H groups in total. The number of H-pyrrole nitrogens is 1. The Balaban J connectivity index is 1.93. The highest BCUT2D eigenvalue weighted by Gasteiger charge is 2.12. The predicted molar refractivity (Wildman–Crippen MR) is 89.7 cm³/mol. The van der Waals surface area contributed by atoms with Crippen LogP contribution in [-0.4, -0.2) is 27.1 Å². The molecule has 24 heavy (non-hydrogen) atoms. The number of rotatable bonds is 3. The summed E-state index contributed by atoms with van der Waals surface area (Å²) in [7, 11) is 4.73. The highest BCUT2D eigenvalue weighted by atomic mass is 16.5. The van der Waals surface area contributed by atoms with E-state index < -0.39 is 5.91 Å². The Hall–Kier alpha value is -3.29. The number of benzene rings is 1. The molecule has 8 heteroatoms. The summed E-state index contributed by atoms with van der Waals surface area (Å²) >= 11 is 0. The number of carbonyl (C=O) groups is 1. The first-order chi connectivity index (χ1) is 11.4. The van der Waals surface area contributed by atoms with Gasteiger partial charge in [-0.1, -0.05) is 0 Å². The fraction of sp³-hybridized carbons (Fsp3) is 0.188. The maximum atomic E-state index is 12.3. The van der Waals surface area contributed by atoms with Crippen LogP contribution in [0.5, 0.6) is 5.75 Å². The minimum Gasteiger partial charge on any atom is -0.491 e. The third kappa shape index (κ3) is 2.47. The number of nitrogens with zero attached hydrogens (tertiary/aromatic N) is 2. The van der Waals surface area contributed by atoms with Crippen LogP contribution in [-0.2, 0) is 14.1 Å². The molecule has 1 aromatic carbocycles. The summed E-state index contributed by atoms with van der Waals surface area (Å²) in [5, 5.41) is 2.70. The highest BCUT2D eigenvalue weighted by molar-refractivity contribution is 6.03. The molecule has 0 fully saturated rings. The quantitative estimate of drug-likeness (QED) is 0.744. The first-order valence-electron chi connectivity index (χ1n) is 7.16. The van der Waals surface area contributed by atoms with Crippen LogP contribution >= 0.6 is 0 Å². The van der Waals surface area contributed by atoms with Gasteiger partial charge in [0.25, 0.3) is 5.91 Å². The van der Waals surface area contributed by atoms with Gasteiger partial charge in [-0.3, -0.25) is 18.7 Å². The SMILES string of the molecule is COc1c[nH]c(C(=O)Nc2ccc3c(c2)n(C)c(=O)n3C)cc1=O. The number of carbonyl (C=O) groups excluding carboxylic acids is 1. The lowest BCUT2D eigenvalue weighted by Crippen LogP contribution is -2.19. The molecule has 0 unspecified atom stereocenters. The second-order valence-corrected chi connectivity index (χ2v) is 5.34. The summed E-state index contributed by atoms with van der Waals surface area (Å²) in [6.45, 7) is 0. The summed E-state index contributed by atoms with van der Waals surface area (Å²) in [6, 6.07) is 6.33. The normalized spacial score (nSPS) is 10.8. The van der Waals surface area contributed by atoms with E-state index in [-0.39, 0.29) is 22.6 Å². The second-order valence-electron chi connectivity index (χ2n) is 5.34. The third-order valence-electron chi connectivity index (χ3n) is 3.87. The van der Waals surface area contributed by atoms with Crippen LogP contribution in [0.2, 0.25) is 0 Å². The Kier molecular flexibility index (Phi) is 3.72. The predicted octanol–water partition coefficient (Wildman–Crippen LogP) is 0.826. The zero-order chi connectivity index (χ0) is 17.4. The number of ether oxygens (including phenoxy) is 1. The van der Waals surface area contributed by atoms with E-state index in [2.05, 4.69) is 10.3 Å². The number of pyridine rings is 1. The van der Waals surface area contributed by atoms with Gasteiger partial charge in [0.1, 0.15) is 5.69 Å². The average molecular weight is 328 g/mol. The zero-order valence-corrected chi connectivity index (χ0v) is 13.4. The molecule has 1 amide bonds. The molecule has 3 rings (SSSR count). The molecule has 0 bridgehead atoms. The standard InChI is InChI=1S/C16H16N4O4/c1-19-11-5-4-9(6-12(11)20(2)16(19)23)18-15(22)10-7-13(21)14(24-3)8-17-10/h4-8H,1-3H3,(H,17,21)(H,18,22). The van der Waals surface area contributed by atoms with Gasteiger partial charge < -0.3 is 15.0 Å². The van der Waals surface area contributed by atoms with Crippen LogP contribution in [0, 0.1) is 0 Å². The molecule has 3 aromatic rings. The number of hydrogen-bond donors (Lipinski definition) is 2. The Morgan fingerprint density at radius 3 is 2.50 bits per heavy atom. The fourth-order valence-electron chi connectivity index (χ4n) is 2.53. The van der Waals surface area contributed by atoms with Crippen LogP contribution in [0.1, 0.15) is 10.5 Å². The first kappa shape index (κ1) is 15.6. The monoisotopic (exact) mass is 328 g/mol. The van der Waals surface area contributed by atoms with Gasteiger partial charge in [0.2, 0.25) is 5.43 Å². The third-order valence-corrected chi connectivity index (χ3v) is 3.87. The van der Waals surface area contributed by atoms with Gasteiger partial charge in [-0.15, -0.1) is 0 Å². The van der Waals surface area contributed by atoms with Crippen molar-refractivity contribution in [3.63, 3.8) is 0 Å². The van der Waals surface area contributed by atoms with Crippen LogP contribution in [0.15, 0.2) is 40.1 Å². The maximum Gasteiger partial charge on any atom is 0.328 e. The molecule has 8 nitrogen and oxygen atoms in total. The van der Waals surface area contributed by atoms with E-state index >= 15 is 0 Å². The van der Waals surface area contributed by atoms with Gasteiger partial charge >= 0.3 is 5.69 Å². The van der Waals surface area contributed by atoms with Gasteiger partial charge in [-0.05, 0) is 18.2 Å². The summed E-state index contributed by atoms with van der Waals surface area (Å²) in [6.07, 6.45) is 1.33. The largest absolute Gasteiger partial charge is 0.491 e. The number of nitrogens with one attached hydrogen (secondary N) is 2. The lowest BCUT2D eigenvalue weighted by atomic mass is 10.2. The first-order valence-corrected chi connectivity index (χ1v) is 7.16. The minimum absolute atomic E-state index is 0.114. The Labute approximate surface area is 136 Å². The van der Waals surface area contributed by atoms with E-state index in [1.807, 2.05) is 0 Å². The smallest absolute Gasteiger partial charge is 0.328 e. The van der Waals surface area contributed by atoms with Crippen molar-refractivity contribution in [3.05, 3.63) is 56.9 Å². The maximum absolute atomic E-state index is 12.3. The molecule has 0 aliphatic rings. The van der Waals surface area contributed by atoms with Crippen molar-refractivity contribution >= 4 is 22.6 Å². The van der Waals surface area contributed by atoms with Crippen molar-refractivity contribution < 1.29 is 9.53 Å². The number of hydrogen-bond acceptors (Lipinski definition) is 4. The van der Waals surface area contributed by atoms with E-state index in [0.717, 1.165) is 5.52 Å². The van der Waals surface area contributed by atoms with Gasteiger partial charge in [-0.25, -0.2) is 4.79 Å². The molecule has 2 aromatic heterocycles. The lowest BCUT2D eigenvalue weighted by Gasteiger charge is -2.07. The van der Waals surface area contributed by atoms with E-state index in [1.54, 1.807) is 32.3 Å². The van der Waals surface area contributed by atoms with E-state index in [4.69, 9.17) is 4.74 Å². The van der Waals surface area contributed by atoms with Crippen molar-refractivity contribution in [2.24, 2.45) is 14.1 Å². The molecule has 0 spiro atoms. The topological polar surface area (TPSA) is 98.1 Å². The molecule has 0 saturated carbocycles. The number of methoxy groups -OCH3 is 1. The number of fused-ring (bicyclic) bond motifs is 1. The van der Waals surface area contributed by atoms with Gasteiger partial charge in [-0.2, -0.15) is 0 Å². The van der Waals surface area contributed by atoms with Crippen molar-refractivity contribution in [1.29, 1.82) is 0 Å². The molecule has 0 radical (unpaired) electrons. The highest BCUT2D eigenvalue weighted by Crippen LogP contribution is 2.18. The van der Waals surface area contributed by atoms with E-state index in [1.165, 1.54) is 28.5 Å². The molecule has 0 saturated heterocycles. The zero-order valence-electron chi connectivity index (χ0n) is 13.4. The van der Waals surface area contributed by atoms with Gasteiger partial charge in [0, 0.05) is 32.0 Å². The van der Waals surface area contributed by atoms with Gasteiger partial charge in [0.05, 0.1) is 18.1 Å². The number of anilines is 1. The van der Waals surface area contributed by atoms with Crippen LogP contribution in [0.3, 0.4) is 0 Å². The molecular formula is C16H16N4O4. The molecule has 0 aliphatic carbocycles. The van der Waals surface area contributed by atoms with Crippen LogP contribution in [0.25, 0.3) is 11.0 Å². The molecule has 0 aliphatic heterocycles. The van der Waals surface area contributed by atoms with E-state index in [9.17, 15) is 14.4 Å². The van der Waals surface area contributed by atoms with Gasteiger partial charge in [0.15, 0.2) is 5.75 Å². The summed E-state index contributed by atoms with van der Waals surface area (Å²) < 4.78 is 7.89. The van der Waals surface area contributed by atoms with Crippen LogP contribution in [0.4, 0.5) is 5.69 Å². The van der Waals surface area contributed by atoms with Crippen LogP contribution < -0.4 is 21.2 Å². The number of aromatic nitrogens is 3. The average Bonchev–Trinajstić information content (AvgIpc) is 2.79. The molecule has 124 valence electrons. The van der Waals surface area contributed by atoms with Crippen molar-refractivity contribution in [2.45, 2.75) is 0 Å². The van der Waals surface area contributed by atoms with E-state index in [0.29, 0.717) is 11.2 Å². The fourth-order valence-corrected chi connectivity index (χ4v) is 2.53. The molecule has 2 heterocycles. The molecular weight excluding hydrogens is 312 g/mol. The Morgan fingerprint density at radius 1 is 1.12 bits per heavy atom. The van der Waals surface area contributed by atoms with Crippen molar-refractivity contribution in [3.8, 4) is 5.75 Å². The lowest BCUT2D eigenvalue weighted by molar-refractivity contribution is 0.102. The number of aryl methyl sites for hydroxylation is 2. The minimum atomic E-state index is -0.463. The van der Waals surface area contributed by atoms with Crippen molar-refractivity contribution in [1.82, 2.24) is 14.1 Å². The number of amides is 1.